The zero-order valence-corrected chi connectivity index (χ0v) is 8.16. The van der Waals surface area contributed by atoms with E-state index in [1.54, 1.807) is 4.68 Å². The molecular weight excluding hydrogens is 166 g/mol. The highest BCUT2D eigenvalue weighted by atomic mass is 16.2. The van der Waals surface area contributed by atoms with Crippen LogP contribution in [0.2, 0.25) is 0 Å². The van der Waals surface area contributed by atoms with Gasteiger partial charge in [0, 0.05) is 6.54 Å². The van der Waals surface area contributed by atoms with Crippen LogP contribution < -0.4 is 10.00 Å². The van der Waals surface area contributed by atoms with Crippen LogP contribution in [-0.4, -0.2) is 17.1 Å². The highest BCUT2D eigenvalue weighted by Crippen LogP contribution is 2.18. The second-order valence-electron chi connectivity index (χ2n) is 3.67. The molecule has 1 aliphatic heterocycles. The first-order valence-electron chi connectivity index (χ1n) is 4.47. The summed E-state index contributed by atoms with van der Waals surface area (Å²) in [5, 5.41) is 3.25. The van der Waals surface area contributed by atoms with E-state index >= 15 is 0 Å². The Labute approximate surface area is 77.1 Å². The fourth-order valence-corrected chi connectivity index (χ4v) is 1.75. The summed E-state index contributed by atoms with van der Waals surface area (Å²) < 4.78 is 3.53. The Morgan fingerprint density at radius 2 is 2.38 bits per heavy atom. The molecule has 0 amide bonds. The molecule has 2 heterocycles. The smallest absolute Gasteiger partial charge is 0.289 e. The van der Waals surface area contributed by atoms with Crippen molar-refractivity contribution in [2.45, 2.75) is 13.8 Å². The Morgan fingerprint density at radius 1 is 1.69 bits per heavy atom. The SMILES string of the molecule is Cc1c[n+](C)n2c1NCC(C)C2=O. The van der Waals surface area contributed by atoms with Crippen LogP contribution in [-0.2, 0) is 7.05 Å². The zero-order valence-electron chi connectivity index (χ0n) is 8.16. The van der Waals surface area contributed by atoms with Gasteiger partial charge in [-0.15, -0.1) is 4.68 Å². The van der Waals surface area contributed by atoms with E-state index in [0.29, 0.717) is 0 Å². The molecule has 1 aliphatic rings. The lowest BCUT2D eigenvalue weighted by Gasteiger charge is -2.18. The summed E-state index contributed by atoms with van der Waals surface area (Å²) in [4.78, 5) is 11.8. The second-order valence-corrected chi connectivity index (χ2v) is 3.67. The normalized spacial score (nSPS) is 21.2. The third-order valence-corrected chi connectivity index (χ3v) is 2.49. The molecule has 0 spiro atoms. The summed E-state index contributed by atoms with van der Waals surface area (Å²) in [6, 6.07) is 0. The molecule has 1 aromatic heterocycles. The lowest BCUT2D eigenvalue weighted by atomic mass is 10.1. The molecule has 0 fully saturated rings. The van der Waals surface area contributed by atoms with Crippen LogP contribution in [0, 0.1) is 12.8 Å². The average molecular weight is 180 g/mol. The molecular formula is C9H14N3O+. The van der Waals surface area contributed by atoms with Gasteiger partial charge in [0.05, 0.1) is 11.5 Å². The summed E-state index contributed by atoms with van der Waals surface area (Å²) >= 11 is 0. The number of anilines is 1. The van der Waals surface area contributed by atoms with Crippen molar-refractivity contribution >= 4 is 11.7 Å². The number of hydrogen-bond acceptors (Lipinski definition) is 2. The number of aromatic nitrogens is 2. The van der Waals surface area contributed by atoms with Crippen molar-refractivity contribution in [2.24, 2.45) is 13.0 Å². The molecule has 4 heteroatoms. The number of aryl methyl sites for hydroxylation is 2. The first-order valence-corrected chi connectivity index (χ1v) is 4.47. The molecule has 0 aliphatic carbocycles. The summed E-state index contributed by atoms with van der Waals surface area (Å²) in [6.07, 6.45) is 1.96. The highest BCUT2D eigenvalue weighted by Gasteiger charge is 2.31. The van der Waals surface area contributed by atoms with E-state index < -0.39 is 0 Å². The van der Waals surface area contributed by atoms with Gasteiger partial charge in [-0.3, -0.25) is 4.79 Å². The molecule has 70 valence electrons. The first-order chi connectivity index (χ1) is 6.11. The molecule has 1 N–H and O–H groups in total. The maximum Gasteiger partial charge on any atom is 0.289 e. The summed E-state index contributed by atoms with van der Waals surface area (Å²) in [5.41, 5.74) is 1.11. The molecule has 0 saturated heterocycles. The van der Waals surface area contributed by atoms with Crippen molar-refractivity contribution in [1.29, 1.82) is 0 Å². The molecule has 2 rings (SSSR count). The van der Waals surface area contributed by atoms with Crippen molar-refractivity contribution in [3.8, 4) is 0 Å². The number of rotatable bonds is 0. The van der Waals surface area contributed by atoms with Crippen LogP contribution in [0.25, 0.3) is 0 Å². The third kappa shape index (κ3) is 1.05. The minimum Gasteiger partial charge on any atom is -0.366 e. The molecule has 1 aromatic rings. The number of nitrogens with one attached hydrogen (secondary N) is 1. The van der Waals surface area contributed by atoms with Gasteiger partial charge in [-0.25, -0.2) is 0 Å². The van der Waals surface area contributed by atoms with Gasteiger partial charge in [-0.2, -0.15) is 0 Å². The average Bonchev–Trinajstić information content (AvgIpc) is 2.35. The van der Waals surface area contributed by atoms with Gasteiger partial charge in [0.1, 0.15) is 0 Å². The second kappa shape index (κ2) is 2.58. The molecule has 0 saturated carbocycles. The Bertz CT molecular complexity index is 367. The molecule has 0 bridgehead atoms. The van der Waals surface area contributed by atoms with Gasteiger partial charge in [0.15, 0.2) is 12.9 Å². The van der Waals surface area contributed by atoms with Crippen molar-refractivity contribution in [3.05, 3.63) is 11.8 Å². The van der Waals surface area contributed by atoms with Gasteiger partial charge in [-0.1, -0.05) is 11.6 Å². The van der Waals surface area contributed by atoms with E-state index in [9.17, 15) is 4.79 Å². The Morgan fingerprint density at radius 3 is 3.08 bits per heavy atom. The summed E-state index contributed by atoms with van der Waals surface area (Å²) in [7, 11) is 1.88. The maximum atomic E-state index is 11.8. The van der Waals surface area contributed by atoms with Crippen molar-refractivity contribution in [3.63, 3.8) is 0 Å². The lowest BCUT2D eigenvalue weighted by molar-refractivity contribution is -0.741. The van der Waals surface area contributed by atoms with Crippen LogP contribution in [0.4, 0.5) is 5.82 Å². The van der Waals surface area contributed by atoms with Crippen LogP contribution >= 0.6 is 0 Å². The van der Waals surface area contributed by atoms with Crippen molar-refractivity contribution in [1.82, 2.24) is 4.68 Å². The number of hydrogen-bond donors (Lipinski definition) is 1. The van der Waals surface area contributed by atoms with E-state index in [-0.39, 0.29) is 11.8 Å². The van der Waals surface area contributed by atoms with E-state index in [4.69, 9.17) is 0 Å². The maximum absolute atomic E-state index is 11.8. The van der Waals surface area contributed by atoms with Crippen LogP contribution in [0.3, 0.4) is 0 Å². The number of fused-ring (bicyclic) bond motifs is 1. The predicted octanol–water partition coefficient (Wildman–Crippen LogP) is 0.323. The zero-order chi connectivity index (χ0) is 9.59. The van der Waals surface area contributed by atoms with Crippen LogP contribution in [0.1, 0.15) is 17.3 Å². The molecule has 4 nitrogen and oxygen atoms in total. The van der Waals surface area contributed by atoms with Crippen LogP contribution in [0.15, 0.2) is 6.20 Å². The van der Waals surface area contributed by atoms with Gasteiger partial charge in [-0.05, 0) is 6.92 Å². The van der Waals surface area contributed by atoms with Crippen LogP contribution in [0.5, 0.6) is 0 Å². The summed E-state index contributed by atoms with van der Waals surface area (Å²) in [6.45, 7) is 4.68. The van der Waals surface area contributed by atoms with Crippen molar-refractivity contribution < 1.29 is 9.48 Å². The largest absolute Gasteiger partial charge is 0.366 e. The predicted molar refractivity (Wildman–Crippen MR) is 48.6 cm³/mol. The van der Waals surface area contributed by atoms with E-state index in [1.807, 2.05) is 31.8 Å². The Balaban J connectivity index is 2.59. The Kier molecular flexibility index (Phi) is 1.65. The standard InChI is InChI=1S/C9H13N3O/c1-6-4-10-8-7(2)5-11(3)12(8)9(6)13/h5-6H,4H2,1-3H3/p+1. The Hall–Kier alpha value is -1.32. The first kappa shape index (κ1) is 8.29. The number of carbonyl (C=O) groups is 1. The van der Waals surface area contributed by atoms with Gasteiger partial charge in [0.25, 0.3) is 5.91 Å². The van der Waals surface area contributed by atoms with Crippen molar-refractivity contribution in [2.75, 3.05) is 11.9 Å². The minimum atomic E-state index is 0.0606. The topological polar surface area (TPSA) is 37.9 Å². The van der Waals surface area contributed by atoms with E-state index in [2.05, 4.69) is 5.32 Å². The summed E-state index contributed by atoms with van der Waals surface area (Å²) in [5.74, 6) is 1.17. The molecule has 0 aromatic carbocycles. The monoisotopic (exact) mass is 180 g/mol. The molecule has 1 unspecified atom stereocenters. The fourth-order valence-electron chi connectivity index (χ4n) is 1.75. The minimum absolute atomic E-state index is 0.0606. The van der Waals surface area contributed by atoms with Gasteiger partial charge in [0.2, 0.25) is 6.20 Å². The molecule has 13 heavy (non-hydrogen) atoms. The third-order valence-electron chi connectivity index (χ3n) is 2.49. The fraction of sp³-hybridized carbons (Fsp3) is 0.556. The quantitative estimate of drug-likeness (QED) is 0.584. The molecule has 0 radical (unpaired) electrons. The highest BCUT2D eigenvalue weighted by molar-refractivity contribution is 5.85. The molecule has 1 atom stereocenters. The number of carbonyl (C=O) groups excluding carboxylic acids is 1. The van der Waals surface area contributed by atoms with Gasteiger partial charge < -0.3 is 5.32 Å². The van der Waals surface area contributed by atoms with E-state index in [1.165, 1.54) is 0 Å². The van der Waals surface area contributed by atoms with Gasteiger partial charge >= 0.3 is 0 Å². The lowest BCUT2D eigenvalue weighted by Crippen LogP contribution is -2.47. The van der Waals surface area contributed by atoms with E-state index in [0.717, 1.165) is 17.9 Å². The number of nitrogens with zero attached hydrogens (tertiary/aromatic N) is 2.